The van der Waals surface area contributed by atoms with Gasteiger partial charge in [-0.25, -0.2) is 0 Å². The molecule has 1 aromatic rings. The van der Waals surface area contributed by atoms with Crippen LogP contribution in [0.4, 0.5) is 0 Å². The summed E-state index contributed by atoms with van der Waals surface area (Å²) in [7, 11) is 0. The SMILES string of the molecule is Cc1cccc(C)c1OCC(=O)N[C@@H]1CCCNC1=O. The predicted octanol–water partition coefficient (Wildman–Crippen LogP) is 1.08. The number of benzene rings is 1. The number of para-hydroxylation sites is 1. The van der Waals surface area contributed by atoms with Crippen LogP contribution in [0, 0.1) is 13.8 Å². The third-order valence-electron chi connectivity index (χ3n) is 3.38. The molecule has 0 aromatic heterocycles. The van der Waals surface area contributed by atoms with Crippen molar-refractivity contribution >= 4 is 11.8 Å². The molecule has 0 spiro atoms. The van der Waals surface area contributed by atoms with Gasteiger partial charge >= 0.3 is 0 Å². The molecule has 1 aliphatic heterocycles. The third-order valence-corrected chi connectivity index (χ3v) is 3.38. The van der Waals surface area contributed by atoms with Crippen molar-refractivity contribution < 1.29 is 14.3 Å². The summed E-state index contributed by atoms with van der Waals surface area (Å²) in [4.78, 5) is 23.4. The van der Waals surface area contributed by atoms with E-state index in [0.29, 0.717) is 13.0 Å². The first-order valence-corrected chi connectivity index (χ1v) is 6.84. The minimum atomic E-state index is -0.433. The molecular formula is C15H20N2O3. The number of nitrogens with one attached hydrogen (secondary N) is 2. The molecule has 0 bridgehead atoms. The first kappa shape index (κ1) is 14.4. The van der Waals surface area contributed by atoms with Crippen molar-refractivity contribution in [2.24, 2.45) is 0 Å². The molecule has 1 fully saturated rings. The van der Waals surface area contributed by atoms with E-state index in [4.69, 9.17) is 4.74 Å². The van der Waals surface area contributed by atoms with Gasteiger partial charge in [-0.3, -0.25) is 9.59 Å². The van der Waals surface area contributed by atoms with Crippen LogP contribution in [0.5, 0.6) is 5.75 Å². The second kappa shape index (κ2) is 6.41. The van der Waals surface area contributed by atoms with Crippen LogP contribution in [0.1, 0.15) is 24.0 Å². The molecule has 2 N–H and O–H groups in total. The molecule has 1 heterocycles. The molecule has 0 saturated carbocycles. The molecule has 1 aliphatic rings. The van der Waals surface area contributed by atoms with Crippen LogP contribution in [0.3, 0.4) is 0 Å². The van der Waals surface area contributed by atoms with Crippen LogP contribution < -0.4 is 15.4 Å². The first-order chi connectivity index (χ1) is 9.58. The monoisotopic (exact) mass is 276 g/mol. The van der Waals surface area contributed by atoms with Gasteiger partial charge in [0.05, 0.1) is 0 Å². The van der Waals surface area contributed by atoms with E-state index in [-0.39, 0.29) is 18.4 Å². The second-order valence-electron chi connectivity index (χ2n) is 5.06. The lowest BCUT2D eigenvalue weighted by molar-refractivity contribution is -0.131. The van der Waals surface area contributed by atoms with Gasteiger partial charge in [0.15, 0.2) is 6.61 Å². The number of carbonyl (C=O) groups excluding carboxylic acids is 2. The summed E-state index contributed by atoms with van der Waals surface area (Å²) in [6, 6.07) is 5.39. The standard InChI is InChI=1S/C15H20N2O3/c1-10-5-3-6-11(2)14(10)20-9-13(18)17-12-7-4-8-16-15(12)19/h3,5-6,12H,4,7-9H2,1-2H3,(H,16,19)(H,17,18)/t12-/m1/s1. The fourth-order valence-corrected chi connectivity index (χ4v) is 2.31. The highest BCUT2D eigenvalue weighted by molar-refractivity contribution is 5.88. The molecule has 0 unspecified atom stereocenters. The highest BCUT2D eigenvalue weighted by Gasteiger charge is 2.23. The highest BCUT2D eigenvalue weighted by atomic mass is 16.5. The lowest BCUT2D eigenvalue weighted by Gasteiger charge is -2.22. The van der Waals surface area contributed by atoms with Crippen LogP contribution >= 0.6 is 0 Å². The highest BCUT2D eigenvalue weighted by Crippen LogP contribution is 2.22. The average molecular weight is 276 g/mol. The minimum Gasteiger partial charge on any atom is -0.483 e. The molecule has 1 atom stereocenters. The molecule has 1 saturated heterocycles. The fourth-order valence-electron chi connectivity index (χ4n) is 2.31. The van der Waals surface area contributed by atoms with E-state index in [9.17, 15) is 9.59 Å². The molecule has 5 heteroatoms. The Kier molecular flexibility index (Phi) is 4.61. The lowest BCUT2D eigenvalue weighted by atomic mass is 10.1. The second-order valence-corrected chi connectivity index (χ2v) is 5.06. The zero-order chi connectivity index (χ0) is 14.5. The van der Waals surface area contributed by atoms with Gasteiger partial charge in [0.2, 0.25) is 5.91 Å². The molecule has 0 aliphatic carbocycles. The minimum absolute atomic E-state index is 0.0739. The zero-order valence-electron chi connectivity index (χ0n) is 11.9. The van der Waals surface area contributed by atoms with Gasteiger partial charge in [0.25, 0.3) is 5.91 Å². The number of amides is 2. The van der Waals surface area contributed by atoms with Gasteiger partial charge in [-0.15, -0.1) is 0 Å². The van der Waals surface area contributed by atoms with Crippen LogP contribution in [-0.2, 0) is 9.59 Å². The Labute approximate surface area is 118 Å². The molecule has 20 heavy (non-hydrogen) atoms. The normalized spacial score (nSPS) is 18.3. The zero-order valence-corrected chi connectivity index (χ0v) is 11.9. The number of hydrogen-bond acceptors (Lipinski definition) is 3. The van der Waals surface area contributed by atoms with E-state index in [2.05, 4.69) is 10.6 Å². The molecule has 2 rings (SSSR count). The average Bonchev–Trinajstić information content (AvgIpc) is 2.41. The van der Waals surface area contributed by atoms with Crippen LogP contribution in [0.2, 0.25) is 0 Å². The van der Waals surface area contributed by atoms with Crippen molar-refractivity contribution in [2.45, 2.75) is 32.7 Å². The molecule has 1 aromatic carbocycles. The van der Waals surface area contributed by atoms with Crippen molar-refractivity contribution in [3.63, 3.8) is 0 Å². The van der Waals surface area contributed by atoms with Crippen LogP contribution in [-0.4, -0.2) is 31.0 Å². The molecule has 5 nitrogen and oxygen atoms in total. The third kappa shape index (κ3) is 3.50. The molecule has 108 valence electrons. The summed E-state index contributed by atoms with van der Waals surface area (Å²) >= 11 is 0. The molecular weight excluding hydrogens is 256 g/mol. The van der Waals surface area contributed by atoms with Crippen molar-refractivity contribution in [3.8, 4) is 5.75 Å². The number of rotatable bonds is 4. The summed E-state index contributed by atoms with van der Waals surface area (Å²) < 4.78 is 5.56. The quantitative estimate of drug-likeness (QED) is 0.864. The van der Waals surface area contributed by atoms with E-state index in [1.54, 1.807) is 0 Å². The predicted molar refractivity (Wildman–Crippen MR) is 75.6 cm³/mol. The van der Waals surface area contributed by atoms with E-state index < -0.39 is 6.04 Å². The fraction of sp³-hybridized carbons (Fsp3) is 0.467. The number of hydrogen-bond donors (Lipinski definition) is 2. The summed E-state index contributed by atoms with van der Waals surface area (Å²) in [5.41, 5.74) is 1.99. The first-order valence-electron chi connectivity index (χ1n) is 6.84. The van der Waals surface area contributed by atoms with Gasteiger partial charge in [-0.2, -0.15) is 0 Å². The number of aryl methyl sites for hydroxylation is 2. The van der Waals surface area contributed by atoms with E-state index in [1.165, 1.54) is 0 Å². The summed E-state index contributed by atoms with van der Waals surface area (Å²) in [6.45, 7) is 4.49. The Morgan fingerprint density at radius 1 is 1.40 bits per heavy atom. The van der Waals surface area contributed by atoms with Gasteiger partial charge in [-0.1, -0.05) is 18.2 Å². The maximum atomic E-state index is 11.8. The maximum Gasteiger partial charge on any atom is 0.258 e. The van der Waals surface area contributed by atoms with E-state index in [1.807, 2.05) is 32.0 Å². The van der Waals surface area contributed by atoms with E-state index >= 15 is 0 Å². The lowest BCUT2D eigenvalue weighted by Crippen LogP contribution is -2.51. The number of ether oxygens (including phenoxy) is 1. The number of carbonyl (C=O) groups is 2. The maximum absolute atomic E-state index is 11.8. The van der Waals surface area contributed by atoms with E-state index in [0.717, 1.165) is 23.3 Å². The van der Waals surface area contributed by atoms with Crippen molar-refractivity contribution in [3.05, 3.63) is 29.3 Å². The smallest absolute Gasteiger partial charge is 0.258 e. The van der Waals surface area contributed by atoms with Gasteiger partial charge in [0, 0.05) is 6.54 Å². The van der Waals surface area contributed by atoms with Crippen molar-refractivity contribution in [1.82, 2.24) is 10.6 Å². The molecule has 0 radical (unpaired) electrons. The van der Waals surface area contributed by atoms with Gasteiger partial charge in [-0.05, 0) is 37.8 Å². The number of piperidine rings is 1. The van der Waals surface area contributed by atoms with Crippen molar-refractivity contribution in [2.75, 3.05) is 13.2 Å². The van der Waals surface area contributed by atoms with Crippen LogP contribution in [0.25, 0.3) is 0 Å². The summed E-state index contributed by atoms with van der Waals surface area (Å²) in [5.74, 6) is 0.349. The van der Waals surface area contributed by atoms with Crippen molar-refractivity contribution in [1.29, 1.82) is 0 Å². The Morgan fingerprint density at radius 3 is 2.75 bits per heavy atom. The van der Waals surface area contributed by atoms with Gasteiger partial charge < -0.3 is 15.4 Å². The topological polar surface area (TPSA) is 67.4 Å². The molecule has 2 amide bonds. The summed E-state index contributed by atoms with van der Waals surface area (Å²) in [5, 5.41) is 5.44. The Morgan fingerprint density at radius 2 is 2.10 bits per heavy atom. The Bertz CT molecular complexity index is 494. The van der Waals surface area contributed by atoms with Crippen LogP contribution in [0.15, 0.2) is 18.2 Å². The largest absolute Gasteiger partial charge is 0.483 e. The Hall–Kier alpha value is -2.04. The summed E-state index contributed by atoms with van der Waals surface area (Å²) in [6.07, 6.45) is 1.56. The Balaban J connectivity index is 1.87. The van der Waals surface area contributed by atoms with Gasteiger partial charge in [0.1, 0.15) is 11.8 Å².